The molecule has 0 unspecified atom stereocenters. The molecule has 3 N–H and O–H groups in total. The minimum absolute atomic E-state index is 0.0189. The molecular weight excluding hydrogens is 540 g/mol. The van der Waals surface area contributed by atoms with Crippen LogP contribution in [0.2, 0.25) is 0 Å². The number of H-pyrrole nitrogens is 1. The minimum Gasteiger partial charge on any atom is -0.340 e. The van der Waals surface area contributed by atoms with Crippen molar-refractivity contribution in [2.24, 2.45) is 5.92 Å². The highest BCUT2D eigenvalue weighted by Crippen LogP contribution is 2.29. The van der Waals surface area contributed by atoms with Crippen molar-refractivity contribution in [2.75, 3.05) is 63.5 Å². The molecule has 2 saturated heterocycles. The minimum atomic E-state index is -0.0798. The van der Waals surface area contributed by atoms with E-state index in [1.54, 1.807) is 4.52 Å². The van der Waals surface area contributed by atoms with Gasteiger partial charge in [-0.2, -0.15) is 5.10 Å². The van der Waals surface area contributed by atoms with Gasteiger partial charge in [-0.25, -0.2) is 9.50 Å². The van der Waals surface area contributed by atoms with Gasteiger partial charge in [0.25, 0.3) is 0 Å². The van der Waals surface area contributed by atoms with Crippen LogP contribution in [0.15, 0.2) is 58.7 Å². The highest BCUT2D eigenvalue weighted by molar-refractivity contribution is 7.99. The lowest BCUT2D eigenvalue weighted by atomic mass is 10.1. The molecule has 4 aromatic rings. The smallest absolute Gasteiger partial charge is 0.238 e. The molecule has 0 saturated carbocycles. The summed E-state index contributed by atoms with van der Waals surface area (Å²) in [7, 11) is 2.08. The predicted molar refractivity (Wildman–Crippen MR) is 157 cm³/mol. The molecule has 0 aliphatic carbocycles. The molecule has 0 radical (unpaired) electrons. The molecule has 1 atom stereocenters. The van der Waals surface area contributed by atoms with Crippen LogP contribution in [0.25, 0.3) is 5.52 Å². The van der Waals surface area contributed by atoms with Crippen molar-refractivity contribution in [3.8, 4) is 0 Å². The van der Waals surface area contributed by atoms with Crippen LogP contribution < -0.4 is 10.6 Å². The normalized spacial score (nSPS) is 18.2. The van der Waals surface area contributed by atoms with Crippen LogP contribution in [0.3, 0.4) is 0 Å². The number of carbonyl (C=O) groups is 2. The number of hydrogen-bond donors (Lipinski definition) is 3. The number of benzene rings is 1. The van der Waals surface area contributed by atoms with Gasteiger partial charge in [-0.3, -0.25) is 19.6 Å². The van der Waals surface area contributed by atoms with E-state index in [9.17, 15) is 9.59 Å². The Kier molecular flexibility index (Phi) is 7.90. The van der Waals surface area contributed by atoms with Crippen LogP contribution in [0.5, 0.6) is 0 Å². The second-order valence-electron chi connectivity index (χ2n) is 10.7. The molecule has 2 fully saturated rings. The Labute approximate surface area is 242 Å². The largest absolute Gasteiger partial charge is 0.340 e. The van der Waals surface area contributed by atoms with E-state index in [2.05, 4.69) is 42.8 Å². The third-order valence-electron chi connectivity index (χ3n) is 7.47. The third kappa shape index (κ3) is 6.53. The lowest BCUT2D eigenvalue weighted by Crippen LogP contribution is -2.49. The average molecular weight is 575 g/mol. The van der Waals surface area contributed by atoms with Gasteiger partial charge in [-0.15, -0.1) is 5.10 Å². The van der Waals surface area contributed by atoms with E-state index in [4.69, 9.17) is 4.98 Å². The van der Waals surface area contributed by atoms with Gasteiger partial charge in [-0.05, 0) is 75.1 Å². The van der Waals surface area contributed by atoms with Crippen LogP contribution in [0, 0.1) is 12.8 Å². The van der Waals surface area contributed by atoms with E-state index in [-0.39, 0.29) is 24.3 Å². The van der Waals surface area contributed by atoms with Crippen LogP contribution in [-0.2, 0) is 9.59 Å². The zero-order valence-corrected chi connectivity index (χ0v) is 24.0. The number of nitrogens with one attached hydrogen (secondary N) is 3. The van der Waals surface area contributed by atoms with Gasteiger partial charge in [0.2, 0.25) is 17.0 Å². The molecule has 0 bridgehead atoms. The number of piperazine rings is 1. The molecule has 13 heteroatoms. The van der Waals surface area contributed by atoms with Gasteiger partial charge in [0.05, 0.1) is 12.5 Å². The van der Waals surface area contributed by atoms with Gasteiger partial charge in [0.15, 0.2) is 11.6 Å². The van der Waals surface area contributed by atoms with E-state index < -0.39 is 0 Å². The zero-order chi connectivity index (χ0) is 28.3. The second-order valence-corrected chi connectivity index (χ2v) is 11.7. The molecule has 1 aromatic carbocycles. The first-order chi connectivity index (χ1) is 19.9. The maximum atomic E-state index is 12.9. The summed E-state index contributed by atoms with van der Waals surface area (Å²) >= 11 is 1.43. The Morgan fingerprint density at radius 2 is 1.90 bits per heavy atom. The van der Waals surface area contributed by atoms with Gasteiger partial charge in [-0.1, -0.05) is 0 Å². The number of likely N-dealkylation sites (N-methyl/N-ethyl adjacent to an activating group) is 1. The van der Waals surface area contributed by atoms with Crippen molar-refractivity contribution < 1.29 is 9.59 Å². The molecule has 6 rings (SSSR count). The Hall–Kier alpha value is -3.94. The van der Waals surface area contributed by atoms with Gasteiger partial charge in [0, 0.05) is 61.3 Å². The average Bonchev–Trinajstić information content (AvgIpc) is 3.71. The molecule has 2 aliphatic rings. The molecule has 214 valence electrons. The number of amides is 2. The summed E-state index contributed by atoms with van der Waals surface area (Å²) in [4.78, 5) is 37.6. The van der Waals surface area contributed by atoms with E-state index in [0.717, 1.165) is 60.9 Å². The molecule has 2 amide bonds. The Morgan fingerprint density at radius 1 is 1.10 bits per heavy atom. The highest BCUT2D eigenvalue weighted by Gasteiger charge is 2.33. The fourth-order valence-electron chi connectivity index (χ4n) is 5.23. The van der Waals surface area contributed by atoms with Crippen molar-refractivity contribution in [2.45, 2.75) is 23.4 Å². The number of anilines is 3. The molecule has 41 heavy (non-hydrogen) atoms. The van der Waals surface area contributed by atoms with Gasteiger partial charge >= 0.3 is 0 Å². The second kappa shape index (κ2) is 11.9. The summed E-state index contributed by atoms with van der Waals surface area (Å²) in [6.07, 6.45) is 2.69. The molecular formula is C28H34N10O2S. The number of nitrogens with zero attached hydrogens (tertiary/aromatic N) is 7. The van der Waals surface area contributed by atoms with E-state index in [1.165, 1.54) is 11.8 Å². The van der Waals surface area contributed by atoms with Crippen LogP contribution in [0.4, 0.5) is 17.3 Å². The van der Waals surface area contributed by atoms with Crippen molar-refractivity contribution in [1.82, 2.24) is 39.5 Å². The summed E-state index contributed by atoms with van der Waals surface area (Å²) in [5, 5.41) is 18.6. The first kappa shape index (κ1) is 27.2. The summed E-state index contributed by atoms with van der Waals surface area (Å²) in [6.45, 7) is 7.03. The first-order valence-electron chi connectivity index (χ1n) is 13.8. The number of aromatic amines is 1. The number of aryl methyl sites for hydroxylation is 1. The fourth-order valence-corrected chi connectivity index (χ4v) is 5.98. The van der Waals surface area contributed by atoms with Crippen LogP contribution in [-0.4, -0.2) is 104 Å². The Balaban J connectivity index is 1.02. The lowest BCUT2D eigenvalue weighted by molar-refractivity contribution is -0.136. The van der Waals surface area contributed by atoms with Gasteiger partial charge < -0.3 is 20.4 Å². The monoisotopic (exact) mass is 574 g/mol. The Bertz CT molecular complexity index is 1530. The lowest BCUT2D eigenvalue weighted by Gasteiger charge is -2.34. The predicted octanol–water partition coefficient (Wildman–Crippen LogP) is 2.69. The maximum absolute atomic E-state index is 12.9. The summed E-state index contributed by atoms with van der Waals surface area (Å²) in [6, 6.07) is 13.4. The Morgan fingerprint density at radius 3 is 2.66 bits per heavy atom. The number of fused-ring (bicyclic) bond motifs is 1. The SMILES string of the molecule is Cc1cc(Nc2nc(Sc3ccc(NC(=O)CN4CC[C@H](C(=O)N5CCN(C)CC5)C4)cc3)nn3cccc23)n[nH]1. The number of aromatic nitrogens is 5. The van der Waals surface area contributed by atoms with Crippen molar-refractivity contribution >= 4 is 46.4 Å². The van der Waals surface area contributed by atoms with Crippen LogP contribution in [0.1, 0.15) is 12.1 Å². The summed E-state index contributed by atoms with van der Waals surface area (Å²) < 4.78 is 1.79. The maximum Gasteiger partial charge on any atom is 0.238 e. The molecule has 0 spiro atoms. The topological polar surface area (TPSA) is 127 Å². The van der Waals surface area contributed by atoms with Crippen molar-refractivity contribution in [3.05, 3.63) is 54.4 Å². The first-order valence-corrected chi connectivity index (χ1v) is 14.6. The number of likely N-dealkylation sites (tertiary alicyclic amines) is 1. The molecule has 3 aromatic heterocycles. The number of rotatable bonds is 8. The molecule has 2 aliphatic heterocycles. The van der Waals surface area contributed by atoms with E-state index >= 15 is 0 Å². The van der Waals surface area contributed by atoms with E-state index in [0.29, 0.717) is 23.3 Å². The zero-order valence-electron chi connectivity index (χ0n) is 23.2. The summed E-state index contributed by atoms with van der Waals surface area (Å²) in [5.74, 6) is 1.48. The quantitative estimate of drug-likeness (QED) is 0.291. The molecule has 12 nitrogen and oxygen atoms in total. The van der Waals surface area contributed by atoms with Crippen LogP contribution >= 0.6 is 11.8 Å². The standard InChI is InChI=1S/C28H34N10O2S/c1-19-16-24(33-32-19)30-26-23-4-3-10-38(23)34-28(31-26)41-22-7-5-21(6-8-22)29-25(39)18-36-11-9-20(17-36)27(40)37-14-12-35(2)13-15-37/h3-8,10,16,20H,9,11-15,17-18H2,1-2H3,(H,29,39)(H2,30,31,32,33,34)/t20-/m0/s1. The highest BCUT2D eigenvalue weighted by atomic mass is 32.2. The third-order valence-corrected chi connectivity index (χ3v) is 8.34. The number of hydrogen-bond acceptors (Lipinski definition) is 9. The van der Waals surface area contributed by atoms with Gasteiger partial charge in [0.1, 0.15) is 5.52 Å². The van der Waals surface area contributed by atoms with E-state index in [1.807, 2.05) is 60.5 Å². The van der Waals surface area contributed by atoms with Crippen molar-refractivity contribution in [3.63, 3.8) is 0 Å². The van der Waals surface area contributed by atoms with Crippen molar-refractivity contribution in [1.29, 1.82) is 0 Å². The fraction of sp³-hybridized carbons (Fsp3) is 0.393. The number of carbonyl (C=O) groups excluding carboxylic acids is 2. The molecule has 5 heterocycles. The summed E-state index contributed by atoms with van der Waals surface area (Å²) in [5.41, 5.74) is 2.53.